The van der Waals surface area contributed by atoms with E-state index >= 15 is 0 Å². The molecule has 0 heterocycles. The van der Waals surface area contributed by atoms with Crippen molar-refractivity contribution in [2.45, 2.75) is 52.7 Å². The van der Waals surface area contributed by atoms with Crippen molar-refractivity contribution in [2.75, 3.05) is 11.9 Å². The molecule has 0 aromatic heterocycles. The lowest BCUT2D eigenvalue weighted by Crippen LogP contribution is -2.36. The van der Waals surface area contributed by atoms with Crippen LogP contribution in [-0.4, -0.2) is 30.2 Å². The van der Waals surface area contributed by atoms with Crippen LogP contribution in [0.15, 0.2) is 24.3 Å². The highest BCUT2D eigenvalue weighted by molar-refractivity contribution is 5.88. The Bertz CT molecular complexity index is 622. The van der Waals surface area contributed by atoms with Crippen molar-refractivity contribution < 1.29 is 23.9 Å². The lowest BCUT2D eigenvalue weighted by molar-refractivity contribution is -0.143. The van der Waals surface area contributed by atoms with Crippen molar-refractivity contribution in [1.29, 1.82) is 0 Å². The number of hydrogen-bond acceptors (Lipinski definition) is 5. The van der Waals surface area contributed by atoms with Crippen LogP contribution in [0.2, 0.25) is 0 Å². The maximum Gasteiger partial charge on any atom is 0.408 e. The van der Waals surface area contributed by atoms with Gasteiger partial charge in [0.2, 0.25) is 5.91 Å². The molecule has 1 atom stereocenters. The molecule has 0 radical (unpaired) electrons. The minimum atomic E-state index is -0.656. The molecule has 2 amide bonds. The smallest absolute Gasteiger partial charge is 0.408 e. The van der Waals surface area contributed by atoms with E-state index in [9.17, 15) is 14.4 Å². The second-order valence-corrected chi connectivity index (χ2v) is 6.51. The number of alkyl carbamates (subject to hydrolysis) is 1. The number of benzene rings is 1. The number of carbonyl (C=O) groups is 3. The zero-order chi connectivity index (χ0) is 19.0. The van der Waals surface area contributed by atoms with Gasteiger partial charge in [-0.15, -0.1) is 0 Å². The van der Waals surface area contributed by atoms with Gasteiger partial charge in [0, 0.05) is 12.6 Å². The van der Waals surface area contributed by atoms with Crippen LogP contribution in [0, 0.1) is 0 Å². The zero-order valence-electron chi connectivity index (χ0n) is 15.3. The normalized spacial score (nSPS) is 12.0. The standard InChI is InChI=1S/C18H26N2O5/c1-6-24-16(22)11-15(20-17(23)25-18(3,4)5)13-8-7-9-14(10-13)19-12(2)21/h7-10,15H,6,11H2,1-5H3,(H,19,21)(H,20,23). The topological polar surface area (TPSA) is 93.7 Å². The van der Waals surface area contributed by atoms with Gasteiger partial charge >= 0.3 is 12.1 Å². The summed E-state index contributed by atoms with van der Waals surface area (Å²) in [5.41, 5.74) is 0.575. The van der Waals surface area contributed by atoms with Crippen molar-refractivity contribution in [1.82, 2.24) is 5.32 Å². The molecule has 1 aromatic rings. The van der Waals surface area contributed by atoms with E-state index in [1.807, 2.05) is 0 Å². The number of carbonyl (C=O) groups excluding carboxylic acids is 3. The van der Waals surface area contributed by atoms with Crippen LogP contribution in [-0.2, 0) is 19.1 Å². The Hall–Kier alpha value is -2.57. The molecular weight excluding hydrogens is 324 g/mol. The Morgan fingerprint density at radius 2 is 1.88 bits per heavy atom. The molecular formula is C18H26N2O5. The van der Waals surface area contributed by atoms with Gasteiger partial charge in [-0.25, -0.2) is 4.79 Å². The van der Waals surface area contributed by atoms with Gasteiger partial charge in [0.05, 0.1) is 19.1 Å². The molecule has 1 aromatic carbocycles. The monoisotopic (exact) mass is 350 g/mol. The third kappa shape index (κ3) is 8.19. The Morgan fingerprint density at radius 3 is 2.44 bits per heavy atom. The summed E-state index contributed by atoms with van der Waals surface area (Å²) in [5.74, 6) is -0.646. The van der Waals surface area contributed by atoms with E-state index in [1.54, 1.807) is 52.0 Å². The lowest BCUT2D eigenvalue weighted by atomic mass is 10.0. The van der Waals surface area contributed by atoms with Gasteiger partial charge < -0.3 is 20.1 Å². The van der Waals surface area contributed by atoms with Crippen LogP contribution in [0.1, 0.15) is 52.6 Å². The summed E-state index contributed by atoms with van der Waals surface area (Å²) in [5, 5.41) is 5.36. The number of ether oxygens (including phenoxy) is 2. The SMILES string of the molecule is CCOC(=O)CC(NC(=O)OC(C)(C)C)c1cccc(NC(C)=O)c1. The largest absolute Gasteiger partial charge is 0.466 e. The van der Waals surface area contributed by atoms with Crippen molar-refractivity contribution in [2.24, 2.45) is 0 Å². The molecule has 138 valence electrons. The van der Waals surface area contributed by atoms with Gasteiger partial charge in [0.1, 0.15) is 5.60 Å². The third-order valence-corrected chi connectivity index (χ3v) is 2.98. The first kappa shape index (κ1) is 20.5. The second kappa shape index (κ2) is 9.05. The molecule has 1 rings (SSSR count). The first-order valence-electron chi connectivity index (χ1n) is 8.13. The molecule has 0 bridgehead atoms. The minimum absolute atomic E-state index is 0.0450. The Labute approximate surface area is 148 Å². The summed E-state index contributed by atoms with van der Waals surface area (Å²) in [7, 11) is 0. The number of anilines is 1. The van der Waals surface area contributed by atoms with Crippen LogP contribution >= 0.6 is 0 Å². The van der Waals surface area contributed by atoms with E-state index in [2.05, 4.69) is 10.6 Å². The molecule has 0 aliphatic rings. The quantitative estimate of drug-likeness (QED) is 0.769. The number of nitrogens with one attached hydrogen (secondary N) is 2. The first-order chi connectivity index (χ1) is 11.6. The average molecular weight is 350 g/mol. The maximum atomic E-state index is 12.1. The van der Waals surface area contributed by atoms with Gasteiger partial charge in [-0.05, 0) is 45.4 Å². The van der Waals surface area contributed by atoms with Crippen molar-refractivity contribution >= 4 is 23.7 Å². The van der Waals surface area contributed by atoms with Crippen molar-refractivity contribution in [3.05, 3.63) is 29.8 Å². The van der Waals surface area contributed by atoms with Gasteiger partial charge in [0.25, 0.3) is 0 Å². The number of amides is 2. The molecule has 2 N–H and O–H groups in total. The molecule has 7 heteroatoms. The van der Waals surface area contributed by atoms with Crippen LogP contribution in [0.4, 0.5) is 10.5 Å². The van der Waals surface area contributed by atoms with E-state index in [0.717, 1.165) is 0 Å². The van der Waals surface area contributed by atoms with Crippen molar-refractivity contribution in [3.8, 4) is 0 Å². The molecule has 0 saturated heterocycles. The molecule has 0 aliphatic carbocycles. The summed E-state index contributed by atoms with van der Waals surface area (Å²) in [6.07, 6.45) is -0.678. The minimum Gasteiger partial charge on any atom is -0.466 e. The molecule has 0 fully saturated rings. The van der Waals surface area contributed by atoms with Crippen LogP contribution in [0.3, 0.4) is 0 Å². The Morgan fingerprint density at radius 1 is 1.20 bits per heavy atom. The number of hydrogen-bond donors (Lipinski definition) is 2. The fourth-order valence-electron chi connectivity index (χ4n) is 2.13. The highest BCUT2D eigenvalue weighted by Crippen LogP contribution is 2.22. The first-order valence-corrected chi connectivity index (χ1v) is 8.13. The van der Waals surface area contributed by atoms with E-state index < -0.39 is 23.7 Å². The predicted molar refractivity (Wildman–Crippen MR) is 94.1 cm³/mol. The molecule has 1 unspecified atom stereocenters. The zero-order valence-corrected chi connectivity index (χ0v) is 15.3. The fraction of sp³-hybridized carbons (Fsp3) is 0.500. The van der Waals surface area contributed by atoms with Crippen LogP contribution in [0.5, 0.6) is 0 Å². The average Bonchev–Trinajstić information content (AvgIpc) is 2.44. The molecule has 0 saturated carbocycles. The third-order valence-electron chi connectivity index (χ3n) is 2.98. The summed E-state index contributed by atoms with van der Waals surface area (Å²) in [6, 6.07) is 6.27. The number of esters is 1. The summed E-state index contributed by atoms with van der Waals surface area (Å²) >= 11 is 0. The highest BCUT2D eigenvalue weighted by atomic mass is 16.6. The maximum absolute atomic E-state index is 12.1. The van der Waals surface area contributed by atoms with E-state index in [1.165, 1.54) is 6.92 Å². The van der Waals surface area contributed by atoms with Crippen LogP contribution < -0.4 is 10.6 Å². The van der Waals surface area contributed by atoms with E-state index in [-0.39, 0.29) is 18.9 Å². The van der Waals surface area contributed by atoms with E-state index in [4.69, 9.17) is 9.47 Å². The number of rotatable bonds is 6. The summed E-state index contributed by atoms with van der Waals surface area (Å²) in [6.45, 7) is 8.64. The van der Waals surface area contributed by atoms with E-state index in [0.29, 0.717) is 11.3 Å². The molecule has 0 aliphatic heterocycles. The molecule has 7 nitrogen and oxygen atoms in total. The van der Waals surface area contributed by atoms with Gasteiger partial charge in [0.15, 0.2) is 0 Å². The van der Waals surface area contributed by atoms with Gasteiger partial charge in [-0.3, -0.25) is 9.59 Å². The predicted octanol–water partition coefficient (Wildman–Crippen LogP) is 3.16. The highest BCUT2D eigenvalue weighted by Gasteiger charge is 2.23. The molecule has 0 spiro atoms. The Balaban J connectivity index is 2.99. The second-order valence-electron chi connectivity index (χ2n) is 6.51. The van der Waals surface area contributed by atoms with Crippen LogP contribution in [0.25, 0.3) is 0 Å². The van der Waals surface area contributed by atoms with Gasteiger partial charge in [-0.1, -0.05) is 12.1 Å². The fourth-order valence-corrected chi connectivity index (χ4v) is 2.13. The van der Waals surface area contributed by atoms with Crippen molar-refractivity contribution in [3.63, 3.8) is 0 Å². The molecule has 25 heavy (non-hydrogen) atoms. The summed E-state index contributed by atoms with van der Waals surface area (Å²) < 4.78 is 10.2. The summed E-state index contributed by atoms with van der Waals surface area (Å²) in [4.78, 5) is 35.2. The van der Waals surface area contributed by atoms with Gasteiger partial charge in [-0.2, -0.15) is 0 Å². The Kier molecular flexibility index (Phi) is 7.42. The lowest BCUT2D eigenvalue weighted by Gasteiger charge is -2.24.